The number of fused-ring (bicyclic) bond motifs is 2. The van der Waals surface area contributed by atoms with Gasteiger partial charge in [0.2, 0.25) is 5.17 Å². The Kier molecular flexibility index (Phi) is 7.20. The van der Waals surface area contributed by atoms with Gasteiger partial charge >= 0.3 is 0 Å². The van der Waals surface area contributed by atoms with Gasteiger partial charge < -0.3 is 9.30 Å². The summed E-state index contributed by atoms with van der Waals surface area (Å²) in [6.45, 7) is 11.4. The predicted octanol–water partition coefficient (Wildman–Crippen LogP) is 6.96. The highest BCUT2D eigenvalue weighted by atomic mass is 35.5. The average molecular weight is 548 g/mol. The summed E-state index contributed by atoms with van der Waals surface area (Å²) in [7, 11) is 0. The number of aliphatic imine (C=N–C) groups is 1. The fraction of sp³-hybridized carbons (Fsp3) is 0.310. The first kappa shape index (κ1) is 26.3. The zero-order chi connectivity index (χ0) is 27.1. The highest BCUT2D eigenvalue weighted by molar-refractivity contribution is 8.27. The van der Waals surface area contributed by atoms with Crippen LogP contribution >= 0.6 is 23.4 Å². The van der Waals surface area contributed by atoms with E-state index in [0.29, 0.717) is 11.8 Å². The SMILES string of the molecule is Cc1cc(OCCCn2c(C)c(/C=C3/C(=N)N4N=C(C(C)C)SC4=NC3=O)c3ccccc32)cc(C)c1Cl. The zero-order valence-corrected chi connectivity index (χ0v) is 23.7. The van der Waals surface area contributed by atoms with Gasteiger partial charge in [0.05, 0.1) is 12.2 Å². The van der Waals surface area contributed by atoms with Gasteiger partial charge in [-0.3, -0.25) is 10.2 Å². The van der Waals surface area contributed by atoms with Crippen LogP contribution in [-0.4, -0.2) is 38.1 Å². The van der Waals surface area contributed by atoms with Crippen molar-refractivity contribution in [2.24, 2.45) is 16.0 Å². The molecule has 0 saturated carbocycles. The Morgan fingerprint density at radius 2 is 1.87 bits per heavy atom. The highest BCUT2D eigenvalue weighted by Crippen LogP contribution is 2.33. The van der Waals surface area contributed by atoms with E-state index in [1.807, 2.05) is 65.0 Å². The number of thioether (sulfide) groups is 1. The topological polar surface area (TPSA) is 83.0 Å². The van der Waals surface area contributed by atoms with Crippen LogP contribution in [0, 0.1) is 32.1 Å². The number of hydrogen-bond acceptors (Lipinski definition) is 5. The van der Waals surface area contributed by atoms with Gasteiger partial charge in [-0.1, -0.05) is 43.6 Å². The number of aromatic nitrogens is 1. The third-order valence-electron chi connectivity index (χ3n) is 6.74. The van der Waals surface area contributed by atoms with Crippen molar-refractivity contribution < 1.29 is 9.53 Å². The molecule has 2 aliphatic heterocycles. The number of carbonyl (C=O) groups is 1. The molecule has 0 saturated heterocycles. The van der Waals surface area contributed by atoms with Crippen molar-refractivity contribution in [3.63, 3.8) is 0 Å². The number of carbonyl (C=O) groups excluding carboxylic acids is 1. The van der Waals surface area contributed by atoms with Gasteiger partial charge in [0.15, 0.2) is 5.84 Å². The fourth-order valence-corrected chi connectivity index (χ4v) is 5.72. The lowest BCUT2D eigenvalue weighted by atomic mass is 10.1. The molecule has 0 atom stereocenters. The molecule has 9 heteroatoms. The quantitative estimate of drug-likeness (QED) is 0.256. The maximum atomic E-state index is 13.0. The van der Waals surface area contributed by atoms with Gasteiger partial charge in [0.1, 0.15) is 10.8 Å². The lowest BCUT2D eigenvalue weighted by Crippen LogP contribution is -2.35. The Morgan fingerprint density at radius 3 is 2.58 bits per heavy atom. The summed E-state index contributed by atoms with van der Waals surface area (Å²) in [5, 5.41) is 17.8. The average Bonchev–Trinajstić information content (AvgIpc) is 3.42. The van der Waals surface area contributed by atoms with Crippen LogP contribution in [0.3, 0.4) is 0 Å². The first-order chi connectivity index (χ1) is 18.2. The van der Waals surface area contributed by atoms with Crippen molar-refractivity contribution in [2.45, 2.75) is 47.6 Å². The molecular formula is C29H30ClN5O2S. The summed E-state index contributed by atoms with van der Waals surface area (Å²) in [6.07, 6.45) is 2.60. The van der Waals surface area contributed by atoms with E-state index in [9.17, 15) is 4.79 Å². The zero-order valence-electron chi connectivity index (χ0n) is 22.1. The Morgan fingerprint density at radius 1 is 1.16 bits per heavy atom. The molecule has 0 radical (unpaired) electrons. The van der Waals surface area contributed by atoms with Crippen LogP contribution in [-0.2, 0) is 11.3 Å². The molecule has 0 aliphatic carbocycles. The van der Waals surface area contributed by atoms with Crippen LogP contribution in [0.25, 0.3) is 17.0 Å². The molecule has 196 valence electrons. The van der Waals surface area contributed by atoms with E-state index in [-0.39, 0.29) is 17.3 Å². The number of hydrogen-bond donors (Lipinski definition) is 1. The Labute approximate surface area is 231 Å². The van der Waals surface area contributed by atoms with Crippen molar-refractivity contribution in [1.82, 2.24) is 9.58 Å². The molecule has 5 rings (SSSR count). The molecule has 2 aliphatic rings. The molecule has 1 amide bonds. The Bertz CT molecular complexity index is 1540. The molecular weight excluding hydrogens is 518 g/mol. The van der Waals surface area contributed by atoms with Crippen LogP contribution in [0.4, 0.5) is 0 Å². The van der Waals surface area contributed by atoms with E-state index in [1.165, 1.54) is 16.8 Å². The number of nitrogens with zero attached hydrogens (tertiary/aromatic N) is 4. The lowest BCUT2D eigenvalue weighted by Gasteiger charge is -2.20. The first-order valence-corrected chi connectivity index (χ1v) is 13.8. The van der Waals surface area contributed by atoms with E-state index in [4.69, 9.17) is 21.7 Å². The molecule has 3 heterocycles. The van der Waals surface area contributed by atoms with Gasteiger partial charge in [0, 0.05) is 39.6 Å². The number of rotatable bonds is 7. The molecule has 0 spiro atoms. The summed E-state index contributed by atoms with van der Waals surface area (Å²) < 4.78 is 8.27. The molecule has 0 fully saturated rings. The van der Waals surface area contributed by atoms with E-state index in [2.05, 4.69) is 20.7 Å². The van der Waals surface area contributed by atoms with E-state index in [1.54, 1.807) is 6.08 Å². The minimum Gasteiger partial charge on any atom is -0.494 e. The minimum atomic E-state index is -0.410. The normalized spacial score (nSPS) is 16.5. The van der Waals surface area contributed by atoms with E-state index < -0.39 is 5.91 Å². The molecule has 3 aromatic rings. The maximum absolute atomic E-state index is 13.0. The summed E-state index contributed by atoms with van der Waals surface area (Å²) in [5.41, 5.74) is 5.26. The second kappa shape index (κ2) is 10.4. The van der Waals surface area contributed by atoms with Gasteiger partial charge in [0.25, 0.3) is 5.91 Å². The molecule has 2 aromatic carbocycles. The van der Waals surface area contributed by atoms with Gasteiger partial charge in [-0.15, -0.1) is 0 Å². The number of para-hydroxylation sites is 1. The molecule has 7 nitrogen and oxygen atoms in total. The summed E-state index contributed by atoms with van der Waals surface area (Å²) in [6, 6.07) is 12.1. The van der Waals surface area contributed by atoms with Crippen LogP contribution in [0.1, 0.15) is 42.7 Å². The maximum Gasteiger partial charge on any atom is 0.283 e. The first-order valence-electron chi connectivity index (χ1n) is 12.6. The van der Waals surface area contributed by atoms with Crippen molar-refractivity contribution in [3.8, 4) is 5.75 Å². The number of halogens is 1. The second-order valence-corrected chi connectivity index (χ2v) is 11.2. The fourth-order valence-electron chi connectivity index (χ4n) is 4.71. The number of amides is 1. The second-order valence-electron chi connectivity index (χ2n) is 9.85. The predicted molar refractivity (Wildman–Crippen MR) is 158 cm³/mol. The Balaban J connectivity index is 1.40. The molecule has 1 aromatic heterocycles. The monoisotopic (exact) mass is 547 g/mol. The molecule has 0 bridgehead atoms. The lowest BCUT2D eigenvalue weighted by molar-refractivity contribution is -0.114. The number of ether oxygens (including phenoxy) is 1. The number of benzene rings is 2. The van der Waals surface area contributed by atoms with E-state index in [0.717, 1.165) is 62.1 Å². The Hall–Kier alpha value is -3.36. The number of amidine groups is 2. The molecule has 1 N–H and O–H groups in total. The largest absolute Gasteiger partial charge is 0.494 e. The van der Waals surface area contributed by atoms with Crippen LogP contribution in [0.5, 0.6) is 5.75 Å². The number of hydrazone groups is 1. The summed E-state index contributed by atoms with van der Waals surface area (Å²) in [5.74, 6) is 0.663. The summed E-state index contributed by atoms with van der Waals surface area (Å²) >= 11 is 7.64. The number of nitrogens with one attached hydrogen (secondary N) is 1. The van der Waals surface area contributed by atoms with Crippen LogP contribution in [0.15, 0.2) is 52.1 Å². The van der Waals surface area contributed by atoms with Gasteiger partial charge in [-0.05, 0) is 74.4 Å². The highest BCUT2D eigenvalue weighted by Gasteiger charge is 2.36. The van der Waals surface area contributed by atoms with Crippen molar-refractivity contribution in [3.05, 3.63) is 69.4 Å². The van der Waals surface area contributed by atoms with Crippen LogP contribution < -0.4 is 4.74 Å². The van der Waals surface area contributed by atoms with Crippen molar-refractivity contribution in [1.29, 1.82) is 5.41 Å². The number of aryl methyl sites for hydroxylation is 3. The smallest absolute Gasteiger partial charge is 0.283 e. The minimum absolute atomic E-state index is 0.0568. The third kappa shape index (κ3) is 4.78. The van der Waals surface area contributed by atoms with E-state index >= 15 is 0 Å². The van der Waals surface area contributed by atoms with Gasteiger partial charge in [-0.25, -0.2) is 0 Å². The van der Waals surface area contributed by atoms with Crippen molar-refractivity contribution >= 4 is 62.3 Å². The molecule has 0 unspecified atom stereocenters. The third-order valence-corrected chi connectivity index (χ3v) is 8.54. The summed E-state index contributed by atoms with van der Waals surface area (Å²) in [4.78, 5) is 17.2. The standard InChI is InChI=1S/C29H30ClN5O2S/c1-16(2)28-33-35-26(31)23(27(36)32-29(35)38-28)15-22-19(5)34(24-10-7-6-9-21(22)24)11-8-12-37-20-13-17(3)25(30)18(4)14-20/h6-7,9-10,13-16,31H,8,11-12H2,1-5H3/b23-15-,31-26?. The van der Waals surface area contributed by atoms with Crippen molar-refractivity contribution in [2.75, 3.05) is 6.61 Å². The molecule has 38 heavy (non-hydrogen) atoms. The van der Waals surface area contributed by atoms with Crippen LogP contribution in [0.2, 0.25) is 5.02 Å². The van der Waals surface area contributed by atoms with Gasteiger partial charge in [-0.2, -0.15) is 15.1 Å².